The van der Waals surface area contributed by atoms with E-state index in [9.17, 15) is 4.79 Å². The molecular weight excluding hydrogens is 364 g/mol. The summed E-state index contributed by atoms with van der Waals surface area (Å²) < 4.78 is 1.28. The number of thiophene rings is 1. The molecular formula is C21H31ClN2OS. The molecule has 0 saturated carbocycles. The van der Waals surface area contributed by atoms with Crippen LogP contribution in [0.3, 0.4) is 0 Å². The van der Waals surface area contributed by atoms with Crippen molar-refractivity contribution >= 4 is 39.7 Å². The second-order valence-corrected chi connectivity index (χ2v) is 8.01. The van der Waals surface area contributed by atoms with E-state index in [0.717, 1.165) is 26.1 Å². The molecule has 2 aromatic rings. The van der Waals surface area contributed by atoms with E-state index in [1.165, 1.54) is 54.4 Å². The molecule has 0 radical (unpaired) electrons. The summed E-state index contributed by atoms with van der Waals surface area (Å²) in [5.41, 5.74) is 1.17. The van der Waals surface area contributed by atoms with Crippen molar-refractivity contribution in [1.82, 2.24) is 9.80 Å². The lowest BCUT2D eigenvalue weighted by atomic mass is 10.1. The van der Waals surface area contributed by atoms with Gasteiger partial charge in [-0.15, -0.1) is 23.7 Å². The van der Waals surface area contributed by atoms with Gasteiger partial charge in [0.15, 0.2) is 0 Å². The van der Waals surface area contributed by atoms with Gasteiger partial charge in [-0.1, -0.05) is 31.9 Å². The number of rotatable bonds is 9. The number of hydrogen-bond donors (Lipinski definition) is 0. The zero-order valence-corrected chi connectivity index (χ0v) is 17.4. The fourth-order valence-electron chi connectivity index (χ4n) is 3.67. The monoisotopic (exact) mass is 394 g/mol. The minimum atomic E-state index is 0. The Balaban J connectivity index is 0.00000243. The Morgan fingerprint density at radius 3 is 2.73 bits per heavy atom. The lowest BCUT2D eigenvalue weighted by Crippen LogP contribution is -2.39. The first kappa shape index (κ1) is 21.2. The van der Waals surface area contributed by atoms with E-state index < -0.39 is 0 Å². The molecule has 1 aromatic carbocycles. The Bertz CT molecular complexity index is 681. The largest absolute Gasteiger partial charge is 0.341 e. The number of carbonyl (C=O) groups is 1. The molecule has 1 aliphatic rings. The summed E-state index contributed by atoms with van der Waals surface area (Å²) in [7, 11) is 0. The second-order valence-electron chi connectivity index (χ2n) is 7.06. The molecule has 0 bridgehead atoms. The molecule has 1 aromatic heterocycles. The summed E-state index contributed by atoms with van der Waals surface area (Å²) >= 11 is 1.75. The maximum absolute atomic E-state index is 13.0. The van der Waals surface area contributed by atoms with Crippen molar-refractivity contribution < 1.29 is 4.79 Å². The zero-order valence-electron chi connectivity index (χ0n) is 15.8. The van der Waals surface area contributed by atoms with Crippen molar-refractivity contribution in [3.8, 4) is 0 Å². The predicted molar refractivity (Wildman–Crippen MR) is 115 cm³/mol. The molecule has 1 amide bonds. The predicted octanol–water partition coefficient (Wildman–Crippen LogP) is 4.98. The van der Waals surface area contributed by atoms with E-state index in [2.05, 4.69) is 46.4 Å². The Hall–Kier alpha value is -1.10. The summed E-state index contributed by atoms with van der Waals surface area (Å²) in [6, 6.07) is 8.47. The number of unbranched alkanes of at least 4 members (excludes halogenated alkanes) is 2. The molecule has 26 heavy (non-hydrogen) atoms. The molecule has 2 heterocycles. The van der Waals surface area contributed by atoms with Gasteiger partial charge in [0.05, 0.1) is 6.42 Å². The van der Waals surface area contributed by atoms with E-state index in [-0.39, 0.29) is 18.3 Å². The third kappa shape index (κ3) is 5.70. The lowest BCUT2D eigenvalue weighted by molar-refractivity contribution is -0.130. The number of benzene rings is 1. The zero-order chi connectivity index (χ0) is 17.5. The highest BCUT2D eigenvalue weighted by Crippen LogP contribution is 2.24. The molecule has 1 saturated heterocycles. The van der Waals surface area contributed by atoms with Crippen LogP contribution in [0.4, 0.5) is 0 Å². The summed E-state index contributed by atoms with van der Waals surface area (Å²) in [5, 5.41) is 3.36. The number of nitrogens with zero attached hydrogens (tertiary/aromatic N) is 2. The summed E-state index contributed by atoms with van der Waals surface area (Å²) in [6.45, 7) is 7.42. The first-order valence-corrected chi connectivity index (χ1v) is 10.6. The van der Waals surface area contributed by atoms with E-state index >= 15 is 0 Å². The van der Waals surface area contributed by atoms with Gasteiger partial charge in [-0.2, -0.15) is 0 Å². The van der Waals surface area contributed by atoms with Crippen LogP contribution in [0, 0.1) is 0 Å². The standard InChI is InChI=1S/C21H30N2OS.ClH/c1-2-3-4-13-23(15-14-22-11-5-6-12-22)21(24)17-18-8-7-9-20-19(18)10-16-25-20;/h7-10,16H,2-6,11-15,17H2,1H3;1H. The second kappa shape index (κ2) is 10.9. The van der Waals surface area contributed by atoms with Gasteiger partial charge in [0, 0.05) is 24.3 Å². The van der Waals surface area contributed by atoms with Crippen LogP contribution in [0.25, 0.3) is 10.1 Å². The summed E-state index contributed by atoms with van der Waals surface area (Å²) in [4.78, 5) is 17.6. The minimum absolute atomic E-state index is 0. The van der Waals surface area contributed by atoms with Crippen LogP contribution in [0.2, 0.25) is 0 Å². The number of amides is 1. The molecule has 144 valence electrons. The summed E-state index contributed by atoms with van der Waals surface area (Å²) in [6.07, 6.45) is 6.66. The van der Waals surface area contributed by atoms with Crippen LogP contribution in [0.15, 0.2) is 29.6 Å². The van der Waals surface area contributed by atoms with Crippen molar-refractivity contribution in [2.75, 3.05) is 32.7 Å². The number of hydrogen-bond acceptors (Lipinski definition) is 3. The van der Waals surface area contributed by atoms with Gasteiger partial charge in [-0.25, -0.2) is 0 Å². The average molecular weight is 395 g/mol. The Morgan fingerprint density at radius 1 is 1.15 bits per heavy atom. The van der Waals surface area contributed by atoms with Crippen molar-refractivity contribution in [1.29, 1.82) is 0 Å². The number of likely N-dealkylation sites (tertiary alicyclic amines) is 1. The van der Waals surface area contributed by atoms with Crippen LogP contribution in [0.1, 0.15) is 44.6 Å². The number of halogens is 1. The van der Waals surface area contributed by atoms with Gasteiger partial charge in [0.25, 0.3) is 0 Å². The fraction of sp³-hybridized carbons (Fsp3) is 0.571. The van der Waals surface area contributed by atoms with Crippen LogP contribution in [-0.2, 0) is 11.2 Å². The van der Waals surface area contributed by atoms with Crippen molar-refractivity contribution in [2.45, 2.75) is 45.4 Å². The Kier molecular flexibility index (Phi) is 8.89. The van der Waals surface area contributed by atoms with E-state index in [1.54, 1.807) is 11.3 Å². The van der Waals surface area contributed by atoms with Gasteiger partial charge in [-0.05, 0) is 60.8 Å². The van der Waals surface area contributed by atoms with E-state index in [0.29, 0.717) is 6.42 Å². The van der Waals surface area contributed by atoms with Crippen molar-refractivity contribution in [3.63, 3.8) is 0 Å². The molecule has 3 nitrogen and oxygen atoms in total. The van der Waals surface area contributed by atoms with Gasteiger partial charge >= 0.3 is 0 Å². The fourth-order valence-corrected chi connectivity index (χ4v) is 4.50. The quantitative estimate of drug-likeness (QED) is 0.560. The van der Waals surface area contributed by atoms with Gasteiger partial charge in [0.2, 0.25) is 5.91 Å². The van der Waals surface area contributed by atoms with E-state index in [4.69, 9.17) is 0 Å². The van der Waals surface area contributed by atoms with Crippen LogP contribution in [-0.4, -0.2) is 48.4 Å². The normalized spacial score (nSPS) is 14.5. The molecule has 0 spiro atoms. The smallest absolute Gasteiger partial charge is 0.227 e. The van der Waals surface area contributed by atoms with Gasteiger partial charge in [0.1, 0.15) is 0 Å². The number of fused-ring (bicyclic) bond motifs is 1. The molecule has 1 fully saturated rings. The Labute approximate surface area is 167 Å². The first-order valence-electron chi connectivity index (χ1n) is 9.73. The number of carbonyl (C=O) groups excluding carboxylic acids is 1. The van der Waals surface area contributed by atoms with Crippen LogP contribution < -0.4 is 0 Å². The van der Waals surface area contributed by atoms with E-state index in [1.807, 2.05) is 0 Å². The molecule has 0 N–H and O–H groups in total. The SMILES string of the molecule is CCCCCN(CCN1CCCC1)C(=O)Cc1cccc2sccc12.Cl. The molecule has 3 rings (SSSR count). The summed E-state index contributed by atoms with van der Waals surface area (Å²) in [5.74, 6) is 0.286. The molecule has 5 heteroatoms. The maximum Gasteiger partial charge on any atom is 0.227 e. The lowest BCUT2D eigenvalue weighted by Gasteiger charge is -2.26. The highest BCUT2D eigenvalue weighted by molar-refractivity contribution is 7.17. The molecule has 0 aliphatic carbocycles. The molecule has 0 unspecified atom stereocenters. The topological polar surface area (TPSA) is 23.6 Å². The van der Waals surface area contributed by atoms with Gasteiger partial charge in [-0.3, -0.25) is 4.79 Å². The first-order chi connectivity index (χ1) is 12.3. The Morgan fingerprint density at radius 2 is 1.96 bits per heavy atom. The highest BCUT2D eigenvalue weighted by atomic mass is 35.5. The third-order valence-electron chi connectivity index (χ3n) is 5.20. The van der Waals surface area contributed by atoms with Crippen molar-refractivity contribution in [3.05, 3.63) is 35.2 Å². The van der Waals surface area contributed by atoms with Crippen LogP contribution in [0.5, 0.6) is 0 Å². The maximum atomic E-state index is 13.0. The molecule has 1 aliphatic heterocycles. The van der Waals surface area contributed by atoms with Crippen molar-refractivity contribution in [2.24, 2.45) is 0 Å². The van der Waals surface area contributed by atoms with Gasteiger partial charge < -0.3 is 9.80 Å². The minimum Gasteiger partial charge on any atom is -0.341 e. The molecule has 0 atom stereocenters. The van der Waals surface area contributed by atoms with Crippen LogP contribution >= 0.6 is 23.7 Å². The highest BCUT2D eigenvalue weighted by Gasteiger charge is 2.18. The third-order valence-corrected chi connectivity index (χ3v) is 6.08. The average Bonchev–Trinajstić information content (AvgIpc) is 3.29.